The zero-order valence-electron chi connectivity index (χ0n) is 10.1. The molecule has 0 saturated heterocycles. The molecule has 1 amide bonds. The third-order valence-corrected chi connectivity index (χ3v) is 3.04. The maximum Gasteiger partial charge on any atom is 0.246 e. The number of carbonyl (C=O) groups is 1. The predicted molar refractivity (Wildman–Crippen MR) is 60.7 cm³/mol. The van der Waals surface area contributed by atoms with Gasteiger partial charge < -0.3 is 10.1 Å². The van der Waals surface area contributed by atoms with E-state index in [-0.39, 0.29) is 18.6 Å². The van der Waals surface area contributed by atoms with Gasteiger partial charge >= 0.3 is 0 Å². The van der Waals surface area contributed by atoms with Crippen molar-refractivity contribution in [2.45, 2.75) is 58.6 Å². The highest BCUT2D eigenvalue weighted by Gasteiger charge is 2.22. The van der Waals surface area contributed by atoms with Crippen LogP contribution in [0.2, 0.25) is 0 Å². The monoisotopic (exact) mass is 213 g/mol. The summed E-state index contributed by atoms with van der Waals surface area (Å²) in [6, 6.07) is 0.302. The fraction of sp³-hybridized carbons (Fsp3) is 0.917. The Labute approximate surface area is 92.6 Å². The number of rotatable bonds is 5. The first-order valence-corrected chi connectivity index (χ1v) is 6.00. The van der Waals surface area contributed by atoms with Gasteiger partial charge in [0.25, 0.3) is 0 Å². The summed E-state index contributed by atoms with van der Waals surface area (Å²) in [6.45, 7) is 6.17. The molecule has 1 N–H and O–H groups in total. The fourth-order valence-electron chi connectivity index (χ4n) is 2.11. The van der Waals surface area contributed by atoms with E-state index in [1.807, 2.05) is 13.8 Å². The molecule has 0 bridgehead atoms. The molecule has 0 heterocycles. The summed E-state index contributed by atoms with van der Waals surface area (Å²) in [5.41, 5.74) is 0. The van der Waals surface area contributed by atoms with Crippen molar-refractivity contribution in [3.05, 3.63) is 0 Å². The number of amides is 1. The van der Waals surface area contributed by atoms with Crippen molar-refractivity contribution in [1.29, 1.82) is 0 Å². The van der Waals surface area contributed by atoms with Crippen LogP contribution in [0.5, 0.6) is 0 Å². The number of carbonyl (C=O) groups excluding carboxylic acids is 1. The number of ether oxygens (including phenoxy) is 1. The molecule has 0 spiro atoms. The van der Waals surface area contributed by atoms with Crippen LogP contribution >= 0.6 is 0 Å². The summed E-state index contributed by atoms with van der Waals surface area (Å²) in [7, 11) is 0. The zero-order chi connectivity index (χ0) is 11.3. The van der Waals surface area contributed by atoms with Crippen LogP contribution < -0.4 is 5.32 Å². The fourth-order valence-corrected chi connectivity index (χ4v) is 2.11. The number of hydrogen-bond acceptors (Lipinski definition) is 2. The molecule has 0 aromatic heterocycles. The molecule has 1 rings (SSSR count). The van der Waals surface area contributed by atoms with E-state index in [9.17, 15) is 4.79 Å². The summed E-state index contributed by atoms with van der Waals surface area (Å²) >= 11 is 0. The van der Waals surface area contributed by atoms with Crippen LogP contribution in [0.25, 0.3) is 0 Å². The topological polar surface area (TPSA) is 38.3 Å². The molecule has 3 heteroatoms. The van der Waals surface area contributed by atoms with Crippen LogP contribution in [-0.4, -0.2) is 24.7 Å². The van der Waals surface area contributed by atoms with Gasteiger partial charge in [-0.15, -0.1) is 0 Å². The second kappa shape index (κ2) is 6.11. The second-order valence-corrected chi connectivity index (χ2v) is 4.76. The van der Waals surface area contributed by atoms with E-state index >= 15 is 0 Å². The Balaban J connectivity index is 2.18. The minimum atomic E-state index is 0.0168. The quantitative estimate of drug-likeness (QED) is 0.759. The van der Waals surface area contributed by atoms with Gasteiger partial charge in [0.2, 0.25) is 5.91 Å². The van der Waals surface area contributed by atoms with E-state index in [1.165, 1.54) is 25.7 Å². The van der Waals surface area contributed by atoms with Crippen LogP contribution in [0.15, 0.2) is 0 Å². The van der Waals surface area contributed by atoms with Gasteiger partial charge in [-0.1, -0.05) is 12.8 Å². The first-order chi connectivity index (χ1) is 7.09. The van der Waals surface area contributed by atoms with E-state index < -0.39 is 0 Å². The Bertz CT molecular complexity index is 198. The molecule has 1 fully saturated rings. The SMILES string of the molecule is CC(C)OCC(=O)N[C@H](C)C1CCCC1. The van der Waals surface area contributed by atoms with Crippen molar-refractivity contribution in [1.82, 2.24) is 5.32 Å². The lowest BCUT2D eigenvalue weighted by Gasteiger charge is -2.20. The summed E-state index contributed by atoms with van der Waals surface area (Å²) in [6.07, 6.45) is 5.26. The number of nitrogens with one attached hydrogen (secondary N) is 1. The molecule has 88 valence electrons. The van der Waals surface area contributed by atoms with Crippen LogP contribution in [0.1, 0.15) is 46.5 Å². The molecular formula is C12H23NO2. The van der Waals surface area contributed by atoms with Gasteiger partial charge in [0, 0.05) is 6.04 Å². The van der Waals surface area contributed by atoms with Gasteiger partial charge in [0.1, 0.15) is 6.61 Å². The molecule has 1 saturated carbocycles. The van der Waals surface area contributed by atoms with Crippen molar-refractivity contribution < 1.29 is 9.53 Å². The predicted octanol–water partition coefficient (Wildman–Crippen LogP) is 2.11. The highest BCUT2D eigenvalue weighted by molar-refractivity contribution is 5.77. The lowest BCUT2D eigenvalue weighted by molar-refractivity contribution is -0.128. The minimum Gasteiger partial charge on any atom is -0.369 e. The van der Waals surface area contributed by atoms with Gasteiger partial charge in [0.15, 0.2) is 0 Å². The Kier molecular flexibility index (Phi) is 5.09. The second-order valence-electron chi connectivity index (χ2n) is 4.76. The largest absolute Gasteiger partial charge is 0.369 e. The highest BCUT2D eigenvalue weighted by Crippen LogP contribution is 2.27. The zero-order valence-corrected chi connectivity index (χ0v) is 10.1. The first kappa shape index (κ1) is 12.5. The molecule has 15 heavy (non-hydrogen) atoms. The van der Waals surface area contributed by atoms with Gasteiger partial charge in [-0.25, -0.2) is 0 Å². The molecule has 0 aliphatic heterocycles. The van der Waals surface area contributed by atoms with Crippen molar-refractivity contribution in [3.8, 4) is 0 Å². The highest BCUT2D eigenvalue weighted by atomic mass is 16.5. The molecule has 1 aliphatic carbocycles. The molecule has 0 radical (unpaired) electrons. The lowest BCUT2D eigenvalue weighted by atomic mass is 10.00. The van der Waals surface area contributed by atoms with Crippen LogP contribution in [0.3, 0.4) is 0 Å². The molecule has 0 aromatic carbocycles. The van der Waals surface area contributed by atoms with E-state index in [2.05, 4.69) is 12.2 Å². The molecule has 0 aromatic rings. The van der Waals surface area contributed by atoms with Gasteiger partial charge in [-0.05, 0) is 39.5 Å². The smallest absolute Gasteiger partial charge is 0.246 e. The Morgan fingerprint density at radius 1 is 1.33 bits per heavy atom. The Morgan fingerprint density at radius 3 is 2.47 bits per heavy atom. The van der Waals surface area contributed by atoms with Crippen molar-refractivity contribution >= 4 is 5.91 Å². The molecule has 0 unspecified atom stereocenters. The first-order valence-electron chi connectivity index (χ1n) is 6.00. The molecule has 3 nitrogen and oxygen atoms in total. The Hall–Kier alpha value is -0.570. The average molecular weight is 213 g/mol. The summed E-state index contributed by atoms with van der Waals surface area (Å²) in [5, 5.41) is 3.01. The standard InChI is InChI=1S/C12H23NO2/c1-9(2)15-8-12(14)13-10(3)11-6-4-5-7-11/h9-11H,4-8H2,1-3H3,(H,13,14)/t10-/m1/s1. The maximum absolute atomic E-state index is 11.5. The third-order valence-electron chi connectivity index (χ3n) is 3.04. The molecular weight excluding hydrogens is 190 g/mol. The van der Waals surface area contributed by atoms with Crippen molar-refractivity contribution in [2.75, 3.05) is 6.61 Å². The van der Waals surface area contributed by atoms with Gasteiger partial charge in [0.05, 0.1) is 6.10 Å². The Morgan fingerprint density at radius 2 is 1.93 bits per heavy atom. The van der Waals surface area contributed by atoms with Crippen molar-refractivity contribution in [3.63, 3.8) is 0 Å². The maximum atomic E-state index is 11.5. The summed E-state index contributed by atoms with van der Waals surface area (Å²) in [5.74, 6) is 0.691. The van der Waals surface area contributed by atoms with E-state index in [4.69, 9.17) is 4.74 Å². The molecule has 1 aliphatic rings. The van der Waals surface area contributed by atoms with E-state index in [0.717, 1.165) is 0 Å². The minimum absolute atomic E-state index is 0.0168. The van der Waals surface area contributed by atoms with Crippen molar-refractivity contribution in [2.24, 2.45) is 5.92 Å². The normalized spacial score (nSPS) is 19.5. The van der Waals surface area contributed by atoms with Crippen LogP contribution in [0.4, 0.5) is 0 Å². The number of hydrogen-bond donors (Lipinski definition) is 1. The van der Waals surface area contributed by atoms with Gasteiger partial charge in [-0.3, -0.25) is 4.79 Å². The van der Waals surface area contributed by atoms with Gasteiger partial charge in [-0.2, -0.15) is 0 Å². The third kappa shape index (κ3) is 4.65. The van der Waals surface area contributed by atoms with E-state index in [1.54, 1.807) is 0 Å². The lowest BCUT2D eigenvalue weighted by Crippen LogP contribution is -2.39. The van der Waals surface area contributed by atoms with E-state index in [0.29, 0.717) is 12.0 Å². The molecule has 1 atom stereocenters. The summed E-state index contributed by atoms with van der Waals surface area (Å²) < 4.78 is 5.26. The van der Waals surface area contributed by atoms with Crippen LogP contribution in [-0.2, 0) is 9.53 Å². The summed E-state index contributed by atoms with van der Waals surface area (Å²) in [4.78, 5) is 11.5. The van der Waals surface area contributed by atoms with Crippen LogP contribution in [0, 0.1) is 5.92 Å². The average Bonchev–Trinajstić information content (AvgIpc) is 2.67.